The Morgan fingerprint density at radius 1 is 1.08 bits per heavy atom. The monoisotopic (exact) mass is 352 g/mol. The molecule has 24 heavy (non-hydrogen) atoms. The van der Waals surface area contributed by atoms with Gasteiger partial charge in [-0.25, -0.2) is 9.78 Å². The zero-order chi connectivity index (χ0) is 16.9. The lowest BCUT2D eigenvalue weighted by atomic mass is 10.3. The van der Waals surface area contributed by atoms with E-state index in [9.17, 15) is 9.59 Å². The number of ether oxygens (including phenoxy) is 1. The molecule has 0 unspecified atom stereocenters. The molecule has 2 saturated heterocycles. The molecule has 132 valence electrons. The van der Waals surface area contributed by atoms with Crippen molar-refractivity contribution in [3.05, 3.63) is 16.1 Å². The highest BCUT2D eigenvalue weighted by atomic mass is 32.1. The summed E-state index contributed by atoms with van der Waals surface area (Å²) in [7, 11) is 0. The van der Waals surface area contributed by atoms with Crippen LogP contribution in [0.2, 0.25) is 0 Å². The van der Waals surface area contributed by atoms with Gasteiger partial charge in [0.1, 0.15) is 5.69 Å². The lowest BCUT2D eigenvalue weighted by Crippen LogP contribution is -2.55. The summed E-state index contributed by atoms with van der Waals surface area (Å²) in [6.07, 6.45) is 1.95. The molecule has 0 atom stereocenters. The number of carbonyl (C=O) groups is 2. The third-order valence-electron chi connectivity index (χ3n) is 4.35. The fourth-order valence-corrected chi connectivity index (χ4v) is 3.83. The number of piperazine rings is 1. The van der Waals surface area contributed by atoms with Gasteiger partial charge in [0.2, 0.25) is 0 Å². The van der Waals surface area contributed by atoms with E-state index in [-0.39, 0.29) is 11.9 Å². The molecular formula is C16H24N4O3S. The standard InChI is InChI=1S/C16H24N4O3S/c1-2-3-14-17-13(12-24-14)15(21)18-4-6-19(7-5-18)16(22)20-8-10-23-11-9-20/h12H,2-11H2,1H3. The first-order valence-electron chi connectivity index (χ1n) is 8.54. The number of hydrogen-bond donors (Lipinski definition) is 0. The molecule has 3 amide bonds. The molecule has 1 aromatic rings. The largest absolute Gasteiger partial charge is 0.378 e. The Morgan fingerprint density at radius 3 is 2.38 bits per heavy atom. The van der Waals surface area contributed by atoms with Gasteiger partial charge in [0.25, 0.3) is 5.91 Å². The Morgan fingerprint density at radius 2 is 1.71 bits per heavy atom. The van der Waals surface area contributed by atoms with Crippen LogP contribution >= 0.6 is 11.3 Å². The number of carbonyl (C=O) groups excluding carboxylic acids is 2. The van der Waals surface area contributed by atoms with E-state index < -0.39 is 0 Å². The molecule has 2 fully saturated rings. The first-order chi connectivity index (χ1) is 11.7. The van der Waals surface area contributed by atoms with Crippen molar-refractivity contribution in [3.63, 3.8) is 0 Å². The van der Waals surface area contributed by atoms with Gasteiger partial charge in [-0.2, -0.15) is 0 Å². The fraction of sp³-hybridized carbons (Fsp3) is 0.688. The Labute approximate surface area is 146 Å². The second-order valence-electron chi connectivity index (χ2n) is 6.04. The van der Waals surface area contributed by atoms with Gasteiger partial charge in [-0.15, -0.1) is 11.3 Å². The molecule has 0 radical (unpaired) electrons. The fourth-order valence-electron chi connectivity index (χ4n) is 2.96. The molecule has 7 nitrogen and oxygen atoms in total. The minimum Gasteiger partial charge on any atom is -0.378 e. The van der Waals surface area contributed by atoms with Gasteiger partial charge in [0.15, 0.2) is 0 Å². The van der Waals surface area contributed by atoms with Crippen molar-refractivity contribution in [2.45, 2.75) is 19.8 Å². The molecular weight excluding hydrogens is 328 g/mol. The SMILES string of the molecule is CCCc1nc(C(=O)N2CCN(C(=O)N3CCOCC3)CC2)cs1. The Kier molecular flexibility index (Phi) is 5.68. The van der Waals surface area contributed by atoms with Crippen molar-refractivity contribution in [1.82, 2.24) is 19.7 Å². The maximum atomic E-state index is 12.5. The van der Waals surface area contributed by atoms with E-state index in [2.05, 4.69) is 11.9 Å². The number of morpholine rings is 1. The summed E-state index contributed by atoms with van der Waals surface area (Å²) in [6, 6.07) is 0.0595. The predicted molar refractivity (Wildman–Crippen MR) is 91.4 cm³/mol. The summed E-state index contributed by atoms with van der Waals surface area (Å²) in [5.41, 5.74) is 0.538. The van der Waals surface area contributed by atoms with Crippen molar-refractivity contribution in [2.75, 3.05) is 52.5 Å². The second kappa shape index (κ2) is 7.94. The van der Waals surface area contributed by atoms with E-state index in [0.717, 1.165) is 17.8 Å². The number of hydrogen-bond acceptors (Lipinski definition) is 5. The Bertz CT molecular complexity index is 578. The van der Waals surface area contributed by atoms with E-state index in [1.165, 1.54) is 0 Å². The second-order valence-corrected chi connectivity index (χ2v) is 6.98. The quantitative estimate of drug-likeness (QED) is 0.823. The summed E-state index contributed by atoms with van der Waals surface area (Å²) in [6.45, 7) is 6.90. The zero-order valence-electron chi connectivity index (χ0n) is 14.1. The van der Waals surface area contributed by atoms with Crippen LogP contribution in [0, 0.1) is 0 Å². The number of nitrogens with zero attached hydrogens (tertiary/aromatic N) is 4. The normalized spacial score (nSPS) is 18.8. The summed E-state index contributed by atoms with van der Waals surface area (Å²) in [5, 5.41) is 2.86. The van der Waals surface area contributed by atoms with Gasteiger partial charge in [-0.3, -0.25) is 4.79 Å². The van der Waals surface area contributed by atoms with E-state index in [4.69, 9.17) is 4.74 Å². The molecule has 0 saturated carbocycles. The van der Waals surface area contributed by atoms with E-state index in [0.29, 0.717) is 58.2 Å². The Hall–Kier alpha value is -1.67. The van der Waals surface area contributed by atoms with E-state index >= 15 is 0 Å². The third kappa shape index (κ3) is 3.87. The molecule has 0 bridgehead atoms. The number of urea groups is 1. The smallest absolute Gasteiger partial charge is 0.320 e. The molecule has 3 heterocycles. The molecule has 1 aromatic heterocycles. The number of aromatic nitrogens is 1. The molecule has 2 aliphatic rings. The molecule has 0 N–H and O–H groups in total. The van der Waals surface area contributed by atoms with Gasteiger partial charge in [-0.1, -0.05) is 6.92 Å². The van der Waals surface area contributed by atoms with Crippen LogP contribution in [0.15, 0.2) is 5.38 Å². The predicted octanol–water partition coefficient (Wildman–Crippen LogP) is 1.31. The van der Waals surface area contributed by atoms with Crippen LogP contribution < -0.4 is 0 Å². The van der Waals surface area contributed by atoms with Gasteiger partial charge in [-0.05, 0) is 12.8 Å². The summed E-state index contributed by atoms with van der Waals surface area (Å²) >= 11 is 1.55. The number of rotatable bonds is 3. The van der Waals surface area contributed by atoms with Gasteiger partial charge in [0.05, 0.1) is 18.2 Å². The topological polar surface area (TPSA) is 66.0 Å². The maximum absolute atomic E-state index is 12.5. The minimum absolute atomic E-state index is 0.0212. The lowest BCUT2D eigenvalue weighted by Gasteiger charge is -2.38. The molecule has 3 rings (SSSR count). The van der Waals surface area contributed by atoms with Crippen LogP contribution in [0.25, 0.3) is 0 Å². The first kappa shape index (κ1) is 17.2. The van der Waals surface area contributed by atoms with Crippen molar-refractivity contribution < 1.29 is 14.3 Å². The molecule has 2 aliphatic heterocycles. The highest BCUT2D eigenvalue weighted by molar-refractivity contribution is 7.09. The van der Waals surface area contributed by atoms with Crippen LogP contribution in [0.3, 0.4) is 0 Å². The molecule has 0 aromatic carbocycles. The minimum atomic E-state index is -0.0212. The highest BCUT2D eigenvalue weighted by Crippen LogP contribution is 2.15. The summed E-state index contributed by atoms with van der Waals surface area (Å²) in [4.78, 5) is 34.9. The molecule has 0 aliphatic carbocycles. The number of thiazole rings is 1. The van der Waals surface area contributed by atoms with Gasteiger partial charge in [0, 0.05) is 44.6 Å². The summed E-state index contributed by atoms with van der Waals surface area (Å²) in [5.74, 6) is -0.0212. The molecule has 0 spiro atoms. The zero-order valence-corrected chi connectivity index (χ0v) is 14.9. The average Bonchev–Trinajstić information content (AvgIpc) is 3.10. The van der Waals surface area contributed by atoms with Crippen molar-refractivity contribution in [3.8, 4) is 0 Å². The van der Waals surface area contributed by atoms with Gasteiger partial charge >= 0.3 is 6.03 Å². The third-order valence-corrected chi connectivity index (χ3v) is 5.26. The Balaban J connectivity index is 1.52. The van der Waals surface area contributed by atoms with Crippen molar-refractivity contribution in [2.24, 2.45) is 0 Å². The maximum Gasteiger partial charge on any atom is 0.320 e. The number of amides is 3. The van der Waals surface area contributed by atoms with E-state index in [1.807, 2.05) is 15.2 Å². The van der Waals surface area contributed by atoms with Crippen molar-refractivity contribution >= 4 is 23.3 Å². The molecule has 8 heteroatoms. The van der Waals surface area contributed by atoms with Crippen LogP contribution in [0.1, 0.15) is 28.8 Å². The van der Waals surface area contributed by atoms with E-state index in [1.54, 1.807) is 16.2 Å². The average molecular weight is 352 g/mol. The van der Waals surface area contributed by atoms with Crippen LogP contribution in [0.5, 0.6) is 0 Å². The van der Waals surface area contributed by atoms with Crippen molar-refractivity contribution in [1.29, 1.82) is 0 Å². The lowest BCUT2D eigenvalue weighted by molar-refractivity contribution is 0.0362. The van der Waals surface area contributed by atoms with Gasteiger partial charge < -0.3 is 19.4 Å². The van der Waals surface area contributed by atoms with Crippen LogP contribution in [-0.4, -0.2) is 84.1 Å². The number of aryl methyl sites for hydroxylation is 1. The highest BCUT2D eigenvalue weighted by Gasteiger charge is 2.29. The first-order valence-corrected chi connectivity index (χ1v) is 9.42. The van der Waals surface area contributed by atoms with Crippen LogP contribution in [-0.2, 0) is 11.2 Å². The van der Waals surface area contributed by atoms with Crippen LogP contribution in [0.4, 0.5) is 4.79 Å². The summed E-state index contributed by atoms with van der Waals surface area (Å²) < 4.78 is 5.28.